The molecule has 1 aromatic rings. The Morgan fingerprint density at radius 1 is 1.13 bits per heavy atom. The molecule has 0 bridgehead atoms. The van der Waals surface area contributed by atoms with Crippen molar-refractivity contribution < 1.29 is 0 Å². The molecule has 0 amide bonds. The van der Waals surface area contributed by atoms with Crippen molar-refractivity contribution in [3.63, 3.8) is 0 Å². The van der Waals surface area contributed by atoms with Crippen molar-refractivity contribution >= 4 is 0 Å². The predicted molar refractivity (Wildman–Crippen MR) is 66.8 cm³/mol. The zero-order valence-corrected chi connectivity index (χ0v) is 11.0. The van der Waals surface area contributed by atoms with Gasteiger partial charge in [-0.2, -0.15) is 0 Å². The summed E-state index contributed by atoms with van der Waals surface area (Å²) in [6, 6.07) is 2.23. The molecule has 0 atom stereocenters. The molecule has 0 radical (unpaired) electrons. The Bertz CT molecular complexity index is 282. The summed E-state index contributed by atoms with van der Waals surface area (Å²) in [7, 11) is 2.12. The van der Waals surface area contributed by atoms with Crippen LogP contribution in [-0.2, 0) is 13.1 Å². The quantitative estimate of drug-likeness (QED) is 0.649. The molecule has 0 aliphatic carbocycles. The van der Waals surface area contributed by atoms with Gasteiger partial charge in [0.1, 0.15) is 0 Å². The molecule has 1 aliphatic rings. The summed E-state index contributed by atoms with van der Waals surface area (Å²) >= 11 is 0. The molecule has 2 heterocycles. The van der Waals surface area contributed by atoms with Gasteiger partial charge in [-0.25, -0.2) is 0 Å². The summed E-state index contributed by atoms with van der Waals surface area (Å²) in [6.45, 7) is 12.2. The molecule has 0 unspecified atom stereocenters. The molecule has 0 spiro atoms. The lowest BCUT2D eigenvalue weighted by molar-refractivity contribution is 0.351. The fourth-order valence-corrected chi connectivity index (χ4v) is 1.54. The molecular weight excluding hydrogens is 184 g/mol. The van der Waals surface area contributed by atoms with Gasteiger partial charge < -0.3 is 0 Å². The number of hydrogen-bond donors (Lipinski definition) is 0. The Morgan fingerprint density at radius 2 is 1.73 bits per heavy atom. The third kappa shape index (κ3) is 4.00. The highest BCUT2D eigenvalue weighted by molar-refractivity contribution is 5.27. The van der Waals surface area contributed by atoms with Gasteiger partial charge in [0.05, 0.1) is 5.69 Å². The van der Waals surface area contributed by atoms with E-state index in [0.29, 0.717) is 0 Å². The molecule has 0 fully saturated rings. The van der Waals surface area contributed by atoms with Crippen LogP contribution in [0.3, 0.4) is 0 Å². The summed E-state index contributed by atoms with van der Waals surface area (Å²) in [5.41, 5.74) is 3.91. The van der Waals surface area contributed by atoms with Gasteiger partial charge in [-0.05, 0) is 25.1 Å². The van der Waals surface area contributed by atoms with E-state index in [1.165, 1.54) is 16.8 Å². The summed E-state index contributed by atoms with van der Waals surface area (Å²) in [4.78, 5) is 6.64. The molecule has 0 aromatic carbocycles. The van der Waals surface area contributed by atoms with E-state index in [2.05, 4.69) is 29.9 Å². The van der Waals surface area contributed by atoms with Crippen molar-refractivity contribution in [3.8, 4) is 0 Å². The summed E-state index contributed by atoms with van der Waals surface area (Å²) in [5.74, 6) is 0. The van der Waals surface area contributed by atoms with Crippen molar-refractivity contribution in [2.24, 2.45) is 0 Å². The van der Waals surface area contributed by atoms with Gasteiger partial charge in [0, 0.05) is 19.3 Å². The topological polar surface area (TPSA) is 16.1 Å². The first-order valence-electron chi connectivity index (χ1n) is 5.88. The van der Waals surface area contributed by atoms with Crippen LogP contribution in [0.5, 0.6) is 0 Å². The van der Waals surface area contributed by atoms with Crippen LogP contribution in [0.4, 0.5) is 0 Å². The Kier molecular flexibility index (Phi) is 6.97. The van der Waals surface area contributed by atoms with E-state index in [0.717, 1.165) is 13.1 Å². The SMILES string of the molecule is CC.CC.Cc1cnc2c(c1)CN(C)C2. The molecule has 2 heteroatoms. The minimum atomic E-state index is 1.01. The van der Waals surface area contributed by atoms with E-state index in [1.807, 2.05) is 33.9 Å². The van der Waals surface area contributed by atoms with Crippen LogP contribution in [-0.4, -0.2) is 16.9 Å². The smallest absolute Gasteiger partial charge is 0.0589 e. The first-order chi connectivity index (χ1) is 7.25. The van der Waals surface area contributed by atoms with Crippen molar-refractivity contribution in [1.29, 1.82) is 0 Å². The van der Waals surface area contributed by atoms with Gasteiger partial charge in [0.25, 0.3) is 0 Å². The molecule has 1 aliphatic heterocycles. The number of hydrogen-bond acceptors (Lipinski definition) is 2. The Morgan fingerprint density at radius 3 is 2.33 bits per heavy atom. The molecule has 0 saturated carbocycles. The maximum atomic E-state index is 4.37. The van der Waals surface area contributed by atoms with Gasteiger partial charge >= 0.3 is 0 Å². The number of aromatic nitrogens is 1. The number of nitrogens with zero attached hydrogens (tertiary/aromatic N) is 2. The second kappa shape index (κ2) is 7.41. The lowest BCUT2D eigenvalue weighted by Crippen LogP contribution is -2.07. The van der Waals surface area contributed by atoms with Crippen LogP contribution in [0.1, 0.15) is 44.5 Å². The third-order valence-electron chi connectivity index (χ3n) is 2.06. The molecule has 15 heavy (non-hydrogen) atoms. The van der Waals surface area contributed by atoms with E-state index in [9.17, 15) is 0 Å². The largest absolute Gasteiger partial charge is 0.296 e. The van der Waals surface area contributed by atoms with Gasteiger partial charge in [0.15, 0.2) is 0 Å². The maximum Gasteiger partial charge on any atom is 0.0589 e. The van der Waals surface area contributed by atoms with E-state index in [1.54, 1.807) is 0 Å². The lowest BCUT2D eigenvalue weighted by atomic mass is 10.2. The Hall–Kier alpha value is -0.890. The van der Waals surface area contributed by atoms with Crippen molar-refractivity contribution in [2.45, 2.75) is 47.7 Å². The molecule has 86 valence electrons. The highest BCUT2D eigenvalue weighted by atomic mass is 15.1. The van der Waals surface area contributed by atoms with Crippen molar-refractivity contribution in [2.75, 3.05) is 7.05 Å². The van der Waals surface area contributed by atoms with E-state index < -0.39 is 0 Å². The van der Waals surface area contributed by atoms with Gasteiger partial charge in [-0.1, -0.05) is 33.8 Å². The minimum absolute atomic E-state index is 1.01. The number of pyridine rings is 1. The highest BCUT2D eigenvalue weighted by Crippen LogP contribution is 2.19. The van der Waals surface area contributed by atoms with Crippen LogP contribution in [0.2, 0.25) is 0 Å². The van der Waals surface area contributed by atoms with Crippen molar-refractivity contribution in [3.05, 3.63) is 29.1 Å². The van der Waals surface area contributed by atoms with E-state index in [-0.39, 0.29) is 0 Å². The first-order valence-corrected chi connectivity index (χ1v) is 5.88. The first kappa shape index (κ1) is 14.1. The fraction of sp³-hybridized carbons (Fsp3) is 0.615. The summed E-state index contributed by atoms with van der Waals surface area (Å²) in [6.07, 6.45) is 1.94. The summed E-state index contributed by atoms with van der Waals surface area (Å²) < 4.78 is 0. The van der Waals surface area contributed by atoms with Crippen LogP contribution >= 0.6 is 0 Å². The monoisotopic (exact) mass is 208 g/mol. The molecule has 2 rings (SSSR count). The Balaban J connectivity index is 0.000000442. The molecule has 2 nitrogen and oxygen atoms in total. The molecule has 1 aromatic heterocycles. The van der Waals surface area contributed by atoms with Gasteiger partial charge in [-0.3, -0.25) is 9.88 Å². The molecule has 0 saturated heterocycles. The van der Waals surface area contributed by atoms with Gasteiger partial charge in [0.2, 0.25) is 0 Å². The number of fused-ring (bicyclic) bond motifs is 1. The zero-order chi connectivity index (χ0) is 11.8. The normalized spacial score (nSPS) is 13.2. The average molecular weight is 208 g/mol. The zero-order valence-electron chi connectivity index (χ0n) is 11.0. The molecule has 0 N–H and O–H groups in total. The van der Waals surface area contributed by atoms with Crippen LogP contribution in [0.15, 0.2) is 12.3 Å². The summed E-state index contributed by atoms with van der Waals surface area (Å²) in [5, 5.41) is 0. The third-order valence-corrected chi connectivity index (χ3v) is 2.06. The van der Waals surface area contributed by atoms with Gasteiger partial charge in [-0.15, -0.1) is 0 Å². The number of aryl methyl sites for hydroxylation is 1. The van der Waals surface area contributed by atoms with E-state index >= 15 is 0 Å². The lowest BCUT2D eigenvalue weighted by Gasteiger charge is -2.02. The average Bonchev–Trinajstić information content (AvgIpc) is 2.63. The van der Waals surface area contributed by atoms with Crippen LogP contribution in [0, 0.1) is 6.92 Å². The van der Waals surface area contributed by atoms with E-state index in [4.69, 9.17) is 0 Å². The Labute approximate surface area is 94.3 Å². The fourth-order valence-electron chi connectivity index (χ4n) is 1.54. The highest BCUT2D eigenvalue weighted by Gasteiger charge is 2.15. The maximum absolute atomic E-state index is 4.37. The minimum Gasteiger partial charge on any atom is -0.296 e. The molecular formula is C13H24N2. The number of rotatable bonds is 0. The van der Waals surface area contributed by atoms with Crippen molar-refractivity contribution in [1.82, 2.24) is 9.88 Å². The standard InChI is InChI=1S/C9H12N2.2C2H6/c1-7-3-8-5-11(2)6-9(8)10-4-7;2*1-2/h3-4H,5-6H2,1-2H3;2*1-2H3. The van der Waals surface area contributed by atoms with Crippen LogP contribution < -0.4 is 0 Å². The predicted octanol–water partition coefficient (Wildman–Crippen LogP) is 3.39. The second-order valence-corrected chi connectivity index (χ2v) is 3.29. The second-order valence-electron chi connectivity index (χ2n) is 3.29. The van der Waals surface area contributed by atoms with Crippen LogP contribution in [0.25, 0.3) is 0 Å².